The van der Waals surface area contributed by atoms with E-state index in [0.717, 1.165) is 19.0 Å². The Labute approximate surface area is 102 Å². The molecule has 1 rings (SSSR count). The number of hydrogen-bond donors (Lipinski definition) is 2. The van der Waals surface area contributed by atoms with E-state index >= 15 is 0 Å². The molecule has 0 amide bonds. The van der Waals surface area contributed by atoms with Crippen LogP contribution in [0.25, 0.3) is 0 Å². The second-order valence-corrected chi connectivity index (χ2v) is 6.43. The van der Waals surface area contributed by atoms with E-state index in [-0.39, 0.29) is 0 Å². The van der Waals surface area contributed by atoms with Crippen LogP contribution >= 0.6 is 0 Å². The molecule has 16 heavy (non-hydrogen) atoms. The zero-order valence-corrected chi connectivity index (χ0v) is 11.6. The van der Waals surface area contributed by atoms with Crippen LogP contribution in [0.3, 0.4) is 0 Å². The normalized spacial score (nSPS) is 25.1. The average Bonchev–Trinajstić information content (AvgIpc) is 2.44. The summed E-state index contributed by atoms with van der Waals surface area (Å²) in [5, 5.41) is 7.26. The van der Waals surface area contributed by atoms with Crippen LogP contribution in [0.5, 0.6) is 0 Å². The molecule has 1 aliphatic heterocycles. The monoisotopic (exact) mass is 226 g/mol. The Kier molecular flexibility index (Phi) is 5.77. The van der Waals surface area contributed by atoms with Crippen LogP contribution in [0.2, 0.25) is 0 Å². The van der Waals surface area contributed by atoms with Gasteiger partial charge in [-0.25, -0.2) is 0 Å². The molecule has 2 heteroatoms. The lowest BCUT2D eigenvalue weighted by atomic mass is 9.82. The van der Waals surface area contributed by atoms with E-state index in [1.807, 2.05) is 0 Å². The van der Waals surface area contributed by atoms with Crippen LogP contribution in [0.1, 0.15) is 53.4 Å². The lowest BCUT2D eigenvalue weighted by molar-refractivity contribution is 0.250. The maximum atomic E-state index is 3.63. The molecule has 1 aliphatic rings. The van der Waals surface area contributed by atoms with E-state index in [1.165, 1.54) is 32.2 Å². The molecular weight excluding hydrogens is 196 g/mol. The van der Waals surface area contributed by atoms with Gasteiger partial charge in [0.2, 0.25) is 0 Å². The van der Waals surface area contributed by atoms with E-state index in [9.17, 15) is 0 Å². The molecular formula is C14H30N2. The van der Waals surface area contributed by atoms with Crippen molar-refractivity contribution >= 4 is 0 Å². The molecule has 0 aromatic carbocycles. The zero-order chi connectivity index (χ0) is 12.0. The summed E-state index contributed by atoms with van der Waals surface area (Å²) in [6.45, 7) is 12.8. The minimum atomic E-state index is 0.421. The van der Waals surface area contributed by atoms with E-state index < -0.39 is 0 Å². The van der Waals surface area contributed by atoms with Crippen LogP contribution in [0, 0.1) is 11.3 Å². The van der Waals surface area contributed by atoms with Gasteiger partial charge < -0.3 is 10.6 Å². The van der Waals surface area contributed by atoms with Gasteiger partial charge in [-0.1, -0.05) is 40.5 Å². The van der Waals surface area contributed by atoms with E-state index in [1.54, 1.807) is 0 Å². The fraction of sp³-hybridized carbons (Fsp3) is 1.00. The molecule has 0 saturated carbocycles. The molecule has 0 aromatic heterocycles. The van der Waals surface area contributed by atoms with Gasteiger partial charge in [0.15, 0.2) is 0 Å². The van der Waals surface area contributed by atoms with Gasteiger partial charge in [-0.3, -0.25) is 0 Å². The molecule has 2 nitrogen and oxygen atoms in total. The molecule has 0 bridgehead atoms. The third-order valence-corrected chi connectivity index (χ3v) is 3.98. The highest BCUT2D eigenvalue weighted by molar-refractivity contribution is 4.76. The molecule has 0 aromatic rings. The second-order valence-electron chi connectivity index (χ2n) is 6.43. The maximum Gasteiger partial charge on any atom is 0.0192 e. The van der Waals surface area contributed by atoms with Gasteiger partial charge in [0.25, 0.3) is 0 Å². The summed E-state index contributed by atoms with van der Waals surface area (Å²) in [5.41, 5.74) is 0.421. The first kappa shape index (κ1) is 14.0. The summed E-state index contributed by atoms with van der Waals surface area (Å²) in [6.07, 6.45) is 5.50. The summed E-state index contributed by atoms with van der Waals surface area (Å²) < 4.78 is 0. The maximum absolute atomic E-state index is 3.63. The molecule has 1 fully saturated rings. The van der Waals surface area contributed by atoms with Crippen molar-refractivity contribution in [2.45, 2.75) is 59.4 Å². The Morgan fingerprint density at radius 2 is 2.00 bits per heavy atom. The Morgan fingerprint density at radius 3 is 2.69 bits per heavy atom. The smallest absolute Gasteiger partial charge is 0.0192 e. The van der Waals surface area contributed by atoms with Gasteiger partial charge >= 0.3 is 0 Å². The van der Waals surface area contributed by atoms with Crippen LogP contribution in [0.15, 0.2) is 0 Å². The Balaban J connectivity index is 2.14. The lowest BCUT2D eigenvalue weighted by Gasteiger charge is -2.28. The van der Waals surface area contributed by atoms with Gasteiger partial charge in [-0.05, 0) is 37.3 Å². The summed E-state index contributed by atoms with van der Waals surface area (Å²) in [6, 6.07) is 0.703. The third-order valence-electron chi connectivity index (χ3n) is 3.98. The van der Waals surface area contributed by atoms with Gasteiger partial charge in [0.1, 0.15) is 0 Å². The molecule has 0 spiro atoms. The molecule has 2 atom stereocenters. The summed E-state index contributed by atoms with van der Waals surface area (Å²) in [4.78, 5) is 0. The predicted octanol–water partition coefficient (Wildman–Crippen LogP) is 2.79. The highest BCUT2D eigenvalue weighted by atomic mass is 15.0. The number of nitrogens with one attached hydrogen (secondary N) is 2. The van der Waals surface area contributed by atoms with Crippen LogP contribution in [-0.2, 0) is 0 Å². The van der Waals surface area contributed by atoms with E-state index in [4.69, 9.17) is 0 Å². The average molecular weight is 226 g/mol. The Bertz CT molecular complexity index is 176. The van der Waals surface area contributed by atoms with Crippen molar-refractivity contribution in [1.29, 1.82) is 0 Å². The number of rotatable bonds is 4. The molecule has 0 radical (unpaired) electrons. The highest BCUT2D eigenvalue weighted by Gasteiger charge is 2.19. The van der Waals surface area contributed by atoms with Crippen molar-refractivity contribution in [3.63, 3.8) is 0 Å². The predicted molar refractivity (Wildman–Crippen MR) is 71.7 cm³/mol. The molecule has 1 saturated heterocycles. The van der Waals surface area contributed by atoms with Crippen molar-refractivity contribution in [3.8, 4) is 0 Å². The van der Waals surface area contributed by atoms with Crippen molar-refractivity contribution in [3.05, 3.63) is 0 Å². The minimum Gasteiger partial charge on any atom is -0.315 e. The lowest BCUT2D eigenvalue weighted by Crippen LogP contribution is -2.40. The fourth-order valence-electron chi connectivity index (χ4n) is 2.06. The van der Waals surface area contributed by atoms with E-state index in [0.29, 0.717) is 11.5 Å². The first-order valence-corrected chi connectivity index (χ1v) is 6.94. The second kappa shape index (κ2) is 6.61. The van der Waals surface area contributed by atoms with Crippen molar-refractivity contribution in [2.75, 3.05) is 19.6 Å². The third kappa shape index (κ3) is 5.31. The van der Waals surface area contributed by atoms with Crippen LogP contribution < -0.4 is 10.6 Å². The zero-order valence-electron chi connectivity index (χ0n) is 11.6. The molecule has 0 aliphatic carbocycles. The van der Waals surface area contributed by atoms with Gasteiger partial charge in [0, 0.05) is 12.6 Å². The van der Waals surface area contributed by atoms with Gasteiger partial charge in [-0.15, -0.1) is 0 Å². The van der Waals surface area contributed by atoms with Gasteiger partial charge in [-0.2, -0.15) is 0 Å². The number of hydrogen-bond acceptors (Lipinski definition) is 2. The Morgan fingerprint density at radius 1 is 1.25 bits per heavy atom. The van der Waals surface area contributed by atoms with Crippen LogP contribution in [0.4, 0.5) is 0 Å². The summed E-state index contributed by atoms with van der Waals surface area (Å²) in [5.74, 6) is 0.735. The highest BCUT2D eigenvalue weighted by Crippen LogP contribution is 2.24. The fourth-order valence-corrected chi connectivity index (χ4v) is 2.06. The Hall–Kier alpha value is -0.0800. The van der Waals surface area contributed by atoms with Crippen molar-refractivity contribution < 1.29 is 0 Å². The largest absolute Gasteiger partial charge is 0.315 e. The molecule has 96 valence electrons. The van der Waals surface area contributed by atoms with Crippen molar-refractivity contribution in [1.82, 2.24) is 10.6 Å². The first-order valence-electron chi connectivity index (χ1n) is 6.94. The summed E-state index contributed by atoms with van der Waals surface area (Å²) >= 11 is 0. The standard InChI is InChI=1S/C14H30N2/c1-12(14(2,3)4)10-15-11-13-8-6-5-7-9-16-13/h12-13,15-16H,5-11H2,1-4H3. The molecule has 1 heterocycles. The van der Waals surface area contributed by atoms with E-state index in [2.05, 4.69) is 38.3 Å². The quantitative estimate of drug-likeness (QED) is 0.770. The van der Waals surface area contributed by atoms with Crippen molar-refractivity contribution in [2.24, 2.45) is 11.3 Å². The summed E-state index contributed by atoms with van der Waals surface area (Å²) in [7, 11) is 0. The topological polar surface area (TPSA) is 24.1 Å². The molecule has 2 N–H and O–H groups in total. The SMILES string of the molecule is CC(CNCC1CCCCCN1)C(C)(C)C. The molecule has 2 unspecified atom stereocenters. The first-order chi connectivity index (χ1) is 7.50. The van der Waals surface area contributed by atoms with Gasteiger partial charge in [0.05, 0.1) is 0 Å². The minimum absolute atomic E-state index is 0.421. The van der Waals surface area contributed by atoms with Crippen LogP contribution in [-0.4, -0.2) is 25.7 Å².